The van der Waals surface area contributed by atoms with Crippen LogP contribution >= 0.6 is 11.8 Å². The number of hydrogen-bond acceptors (Lipinski definition) is 1. The Kier molecular flexibility index (Phi) is 5.44. The molecule has 0 spiro atoms. The van der Waals surface area contributed by atoms with Crippen LogP contribution in [-0.4, -0.2) is 17.9 Å². The zero-order valence-corrected chi connectivity index (χ0v) is 10.3. The summed E-state index contributed by atoms with van der Waals surface area (Å²) in [7, 11) is 0. The van der Waals surface area contributed by atoms with Gasteiger partial charge in [0.05, 0.1) is 0 Å². The van der Waals surface area contributed by atoms with Crippen molar-refractivity contribution in [3.8, 4) is 0 Å². The molecular formula is C12H13F5S. The molecule has 0 heterocycles. The Morgan fingerprint density at radius 1 is 0.944 bits per heavy atom. The number of halogens is 5. The summed E-state index contributed by atoms with van der Waals surface area (Å²) < 4.78 is 60.6. The quantitative estimate of drug-likeness (QED) is 0.529. The average molecular weight is 284 g/mol. The van der Waals surface area contributed by atoms with E-state index >= 15 is 0 Å². The summed E-state index contributed by atoms with van der Waals surface area (Å²) in [5.41, 5.74) is 1.03. The van der Waals surface area contributed by atoms with Gasteiger partial charge in [-0.25, -0.2) is 0 Å². The van der Waals surface area contributed by atoms with Crippen LogP contribution in [-0.2, 0) is 5.75 Å². The van der Waals surface area contributed by atoms with Crippen molar-refractivity contribution in [3.05, 3.63) is 35.9 Å². The van der Waals surface area contributed by atoms with Crippen LogP contribution in [0.5, 0.6) is 0 Å². The number of alkyl halides is 5. The largest absolute Gasteiger partial charge is 0.453 e. The SMILES string of the molecule is FC(F)(F)C(F)(F)CCCSCc1ccccc1. The Bertz CT molecular complexity index is 347. The van der Waals surface area contributed by atoms with E-state index in [1.54, 1.807) is 0 Å². The first-order valence-electron chi connectivity index (χ1n) is 5.39. The van der Waals surface area contributed by atoms with Crippen LogP contribution < -0.4 is 0 Å². The van der Waals surface area contributed by atoms with Gasteiger partial charge in [0, 0.05) is 12.2 Å². The van der Waals surface area contributed by atoms with Crippen molar-refractivity contribution in [1.29, 1.82) is 0 Å². The van der Waals surface area contributed by atoms with Crippen molar-refractivity contribution in [3.63, 3.8) is 0 Å². The van der Waals surface area contributed by atoms with Gasteiger partial charge in [0.15, 0.2) is 0 Å². The molecule has 0 saturated carbocycles. The fourth-order valence-corrected chi connectivity index (χ4v) is 2.22. The van der Waals surface area contributed by atoms with Crippen molar-refractivity contribution in [2.45, 2.75) is 30.7 Å². The fourth-order valence-electron chi connectivity index (χ4n) is 1.30. The third kappa shape index (κ3) is 4.84. The van der Waals surface area contributed by atoms with Crippen LogP contribution in [0.2, 0.25) is 0 Å². The van der Waals surface area contributed by atoms with Gasteiger partial charge in [-0.1, -0.05) is 30.3 Å². The lowest BCUT2D eigenvalue weighted by molar-refractivity contribution is -0.284. The Labute approximate surface area is 107 Å². The smallest absolute Gasteiger partial charge is 0.196 e. The minimum absolute atomic E-state index is 0.149. The first-order valence-corrected chi connectivity index (χ1v) is 6.54. The molecule has 6 heteroatoms. The van der Waals surface area contributed by atoms with E-state index in [0.717, 1.165) is 5.56 Å². The zero-order chi connectivity index (χ0) is 13.6. The van der Waals surface area contributed by atoms with Crippen molar-refractivity contribution >= 4 is 11.8 Å². The van der Waals surface area contributed by atoms with E-state index < -0.39 is 18.5 Å². The summed E-state index contributed by atoms with van der Waals surface area (Å²) in [6, 6.07) is 9.34. The summed E-state index contributed by atoms with van der Waals surface area (Å²) in [5.74, 6) is -3.65. The van der Waals surface area contributed by atoms with Crippen LogP contribution in [0.25, 0.3) is 0 Å². The minimum Gasteiger partial charge on any atom is -0.196 e. The summed E-state index contributed by atoms with van der Waals surface area (Å²) in [6.45, 7) is 0. The summed E-state index contributed by atoms with van der Waals surface area (Å²) in [5, 5.41) is 0. The maximum atomic E-state index is 12.5. The molecule has 0 atom stereocenters. The highest BCUT2D eigenvalue weighted by molar-refractivity contribution is 7.98. The standard InChI is InChI=1S/C12H13F5S/c13-11(14,12(15,16)17)7-4-8-18-9-10-5-2-1-3-6-10/h1-3,5-6H,4,7-9H2. The molecule has 0 bridgehead atoms. The molecule has 0 unspecified atom stereocenters. The summed E-state index contributed by atoms with van der Waals surface area (Å²) in [6.07, 6.45) is -6.72. The van der Waals surface area contributed by atoms with Gasteiger partial charge in [-0.15, -0.1) is 0 Å². The lowest BCUT2D eigenvalue weighted by Gasteiger charge is -2.19. The van der Waals surface area contributed by atoms with Crippen LogP contribution in [0.15, 0.2) is 30.3 Å². The summed E-state index contributed by atoms with van der Waals surface area (Å²) in [4.78, 5) is 0. The predicted octanol–water partition coefficient (Wildman–Crippen LogP) is 4.90. The molecule has 0 radical (unpaired) electrons. The van der Waals surface area contributed by atoms with E-state index in [4.69, 9.17) is 0 Å². The van der Waals surface area contributed by atoms with Crippen molar-refractivity contribution < 1.29 is 22.0 Å². The molecule has 0 amide bonds. The molecule has 0 aliphatic carbocycles. The molecule has 1 rings (SSSR count). The zero-order valence-electron chi connectivity index (χ0n) is 9.51. The van der Waals surface area contributed by atoms with E-state index in [0.29, 0.717) is 11.5 Å². The summed E-state index contributed by atoms with van der Waals surface area (Å²) >= 11 is 1.36. The molecule has 1 aromatic carbocycles. The Morgan fingerprint density at radius 2 is 1.56 bits per heavy atom. The van der Waals surface area contributed by atoms with E-state index in [1.807, 2.05) is 30.3 Å². The predicted molar refractivity (Wildman–Crippen MR) is 62.8 cm³/mol. The molecular weight excluding hydrogens is 271 g/mol. The van der Waals surface area contributed by atoms with Gasteiger partial charge in [-0.05, 0) is 17.7 Å². The number of hydrogen-bond donors (Lipinski definition) is 0. The van der Waals surface area contributed by atoms with Crippen LogP contribution in [0, 0.1) is 0 Å². The Balaban J connectivity index is 2.20. The molecule has 0 fully saturated rings. The topological polar surface area (TPSA) is 0 Å². The molecule has 18 heavy (non-hydrogen) atoms. The van der Waals surface area contributed by atoms with Gasteiger partial charge in [0.25, 0.3) is 0 Å². The fraction of sp³-hybridized carbons (Fsp3) is 0.500. The maximum absolute atomic E-state index is 12.5. The lowest BCUT2D eigenvalue weighted by atomic mass is 10.2. The molecule has 0 aliphatic heterocycles. The first kappa shape index (κ1) is 15.3. The second kappa shape index (κ2) is 6.41. The Hall–Kier alpha value is -0.780. The van der Waals surface area contributed by atoms with E-state index in [2.05, 4.69) is 0 Å². The van der Waals surface area contributed by atoms with E-state index in [1.165, 1.54) is 11.8 Å². The third-order valence-electron chi connectivity index (χ3n) is 2.31. The molecule has 0 aliphatic rings. The molecule has 0 nitrogen and oxygen atoms in total. The number of benzene rings is 1. The highest BCUT2D eigenvalue weighted by Gasteiger charge is 2.56. The first-order chi connectivity index (χ1) is 8.33. The number of rotatable bonds is 6. The molecule has 1 aromatic rings. The highest BCUT2D eigenvalue weighted by Crippen LogP contribution is 2.39. The molecule has 102 valence electrons. The normalized spacial score (nSPS) is 12.7. The van der Waals surface area contributed by atoms with E-state index in [-0.39, 0.29) is 6.42 Å². The van der Waals surface area contributed by atoms with Crippen LogP contribution in [0.3, 0.4) is 0 Å². The van der Waals surface area contributed by atoms with Gasteiger partial charge < -0.3 is 0 Å². The maximum Gasteiger partial charge on any atom is 0.453 e. The second-order valence-electron chi connectivity index (χ2n) is 3.84. The third-order valence-corrected chi connectivity index (χ3v) is 3.42. The van der Waals surface area contributed by atoms with E-state index in [9.17, 15) is 22.0 Å². The molecule has 0 N–H and O–H groups in total. The van der Waals surface area contributed by atoms with Crippen LogP contribution in [0.4, 0.5) is 22.0 Å². The van der Waals surface area contributed by atoms with Gasteiger partial charge in [0.2, 0.25) is 0 Å². The highest BCUT2D eigenvalue weighted by atomic mass is 32.2. The van der Waals surface area contributed by atoms with Gasteiger partial charge in [-0.2, -0.15) is 33.7 Å². The lowest BCUT2D eigenvalue weighted by Crippen LogP contribution is -2.36. The van der Waals surface area contributed by atoms with Gasteiger partial charge in [0.1, 0.15) is 0 Å². The Morgan fingerprint density at radius 3 is 2.11 bits per heavy atom. The monoisotopic (exact) mass is 284 g/mol. The average Bonchev–Trinajstić information content (AvgIpc) is 2.28. The van der Waals surface area contributed by atoms with Crippen molar-refractivity contribution in [2.24, 2.45) is 0 Å². The van der Waals surface area contributed by atoms with Crippen molar-refractivity contribution in [1.82, 2.24) is 0 Å². The van der Waals surface area contributed by atoms with Gasteiger partial charge >= 0.3 is 12.1 Å². The minimum atomic E-state index is -5.43. The van der Waals surface area contributed by atoms with Crippen molar-refractivity contribution in [2.75, 3.05) is 5.75 Å². The second-order valence-corrected chi connectivity index (χ2v) is 4.95. The van der Waals surface area contributed by atoms with Crippen LogP contribution in [0.1, 0.15) is 18.4 Å². The van der Waals surface area contributed by atoms with Gasteiger partial charge in [-0.3, -0.25) is 0 Å². The molecule has 0 saturated heterocycles. The number of thioether (sulfide) groups is 1. The molecule has 0 aromatic heterocycles.